The molecule has 0 bridgehead atoms. The van der Waals surface area contributed by atoms with Gasteiger partial charge in [-0.2, -0.15) is 0 Å². The van der Waals surface area contributed by atoms with Gasteiger partial charge in [-0.25, -0.2) is 0 Å². The number of aliphatic hydroxyl groups excluding tert-OH is 1. The second-order valence-corrected chi connectivity index (χ2v) is 6.88. The first-order chi connectivity index (χ1) is 9.08. The zero-order valence-corrected chi connectivity index (χ0v) is 13.2. The lowest BCUT2D eigenvalue weighted by Crippen LogP contribution is -2.41. The summed E-state index contributed by atoms with van der Waals surface area (Å²) >= 11 is 3.58. The minimum absolute atomic E-state index is 0.0115. The van der Waals surface area contributed by atoms with Crippen molar-refractivity contribution in [1.82, 2.24) is 0 Å². The zero-order chi connectivity index (χ0) is 13.9. The SMILES string of the molecule is CC1(C(O)C(CN)c2ccccc2Br)CCCCC1. The van der Waals surface area contributed by atoms with Crippen molar-refractivity contribution >= 4 is 15.9 Å². The summed E-state index contributed by atoms with van der Waals surface area (Å²) in [5.74, 6) is 0.0127. The van der Waals surface area contributed by atoms with E-state index in [-0.39, 0.29) is 17.4 Å². The van der Waals surface area contributed by atoms with Crippen LogP contribution in [-0.4, -0.2) is 17.8 Å². The standard InChI is InChI=1S/C16H24BrNO/c1-16(9-5-2-6-10-16)15(19)13(11-18)12-7-3-4-8-14(12)17/h3-4,7-8,13,15,19H,2,5-6,9-11,18H2,1H3. The predicted octanol–water partition coefficient (Wildman–Crippen LogP) is 3.82. The molecule has 2 nitrogen and oxygen atoms in total. The maximum absolute atomic E-state index is 10.9. The molecule has 2 rings (SSSR count). The first kappa shape index (κ1) is 15.0. The Morgan fingerprint density at radius 2 is 1.89 bits per heavy atom. The van der Waals surface area contributed by atoms with Crippen molar-refractivity contribution in [2.45, 2.75) is 51.0 Å². The van der Waals surface area contributed by atoms with Gasteiger partial charge in [0.15, 0.2) is 0 Å². The second-order valence-electron chi connectivity index (χ2n) is 6.02. The van der Waals surface area contributed by atoms with Crippen LogP contribution >= 0.6 is 15.9 Å². The monoisotopic (exact) mass is 325 g/mol. The topological polar surface area (TPSA) is 46.2 Å². The normalized spacial score (nSPS) is 21.9. The Balaban J connectivity index is 2.24. The molecule has 3 heteroatoms. The maximum Gasteiger partial charge on any atom is 0.0674 e. The summed E-state index contributed by atoms with van der Waals surface area (Å²) in [4.78, 5) is 0. The van der Waals surface area contributed by atoms with Crippen molar-refractivity contribution in [3.05, 3.63) is 34.3 Å². The van der Waals surface area contributed by atoms with E-state index in [1.165, 1.54) is 19.3 Å². The van der Waals surface area contributed by atoms with Gasteiger partial charge in [-0.05, 0) is 29.9 Å². The third-order valence-corrected chi connectivity index (χ3v) is 5.37. The van der Waals surface area contributed by atoms with Crippen molar-refractivity contribution in [3.63, 3.8) is 0 Å². The Hall–Kier alpha value is -0.380. The molecule has 3 N–H and O–H groups in total. The van der Waals surface area contributed by atoms with Crippen LogP contribution in [0.5, 0.6) is 0 Å². The highest BCUT2D eigenvalue weighted by Gasteiger charge is 2.39. The van der Waals surface area contributed by atoms with Gasteiger partial charge < -0.3 is 10.8 Å². The summed E-state index contributed by atoms with van der Waals surface area (Å²) in [6.07, 6.45) is 5.59. The molecule has 1 saturated carbocycles. The zero-order valence-electron chi connectivity index (χ0n) is 11.6. The predicted molar refractivity (Wildman–Crippen MR) is 83.1 cm³/mol. The molecule has 0 aromatic heterocycles. The van der Waals surface area contributed by atoms with Crippen LogP contribution in [0.1, 0.15) is 50.5 Å². The summed E-state index contributed by atoms with van der Waals surface area (Å²) in [7, 11) is 0. The van der Waals surface area contributed by atoms with Crippen LogP contribution in [0.2, 0.25) is 0 Å². The first-order valence-electron chi connectivity index (χ1n) is 7.21. The summed E-state index contributed by atoms with van der Waals surface area (Å²) < 4.78 is 1.05. The Labute approximate surface area is 124 Å². The highest BCUT2D eigenvalue weighted by molar-refractivity contribution is 9.10. The fraction of sp³-hybridized carbons (Fsp3) is 0.625. The number of rotatable bonds is 4. The van der Waals surface area contributed by atoms with Gasteiger partial charge in [-0.15, -0.1) is 0 Å². The van der Waals surface area contributed by atoms with Gasteiger partial charge in [0.1, 0.15) is 0 Å². The van der Waals surface area contributed by atoms with Crippen molar-refractivity contribution in [1.29, 1.82) is 0 Å². The van der Waals surface area contributed by atoms with Gasteiger partial charge in [0.05, 0.1) is 6.10 Å². The molecule has 0 spiro atoms. The maximum atomic E-state index is 10.9. The van der Waals surface area contributed by atoms with Gasteiger partial charge in [-0.1, -0.05) is 60.3 Å². The number of hydrogen-bond acceptors (Lipinski definition) is 2. The van der Waals surface area contributed by atoms with Gasteiger partial charge in [0.2, 0.25) is 0 Å². The average Bonchev–Trinajstić information content (AvgIpc) is 2.42. The molecule has 19 heavy (non-hydrogen) atoms. The number of halogens is 1. The van der Waals surface area contributed by atoms with Gasteiger partial charge in [-0.3, -0.25) is 0 Å². The van der Waals surface area contributed by atoms with Crippen molar-refractivity contribution in [2.75, 3.05) is 6.54 Å². The van der Waals surface area contributed by atoms with Crippen LogP contribution < -0.4 is 5.73 Å². The molecule has 0 amide bonds. The third-order valence-electron chi connectivity index (χ3n) is 4.65. The molecule has 0 aliphatic heterocycles. The van der Waals surface area contributed by atoms with Crippen LogP contribution in [0.3, 0.4) is 0 Å². The average molecular weight is 326 g/mol. The van der Waals surface area contributed by atoms with E-state index in [0.29, 0.717) is 6.54 Å². The van der Waals surface area contributed by atoms with Crippen molar-refractivity contribution in [3.8, 4) is 0 Å². The smallest absolute Gasteiger partial charge is 0.0674 e. The third kappa shape index (κ3) is 3.21. The highest BCUT2D eigenvalue weighted by Crippen LogP contribution is 2.44. The second kappa shape index (κ2) is 6.38. The molecule has 1 aromatic rings. The number of hydrogen-bond donors (Lipinski definition) is 2. The molecular formula is C16H24BrNO. The number of benzene rings is 1. The molecule has 106 valence electrons. The van der Waals surface area contributed by atoms with Crippen LogP contribution in [0.4, 0.5) is 0 Å². The van der Waals surface area contributed by atoms with Crippen LogP contribution in [-0.2, 0) is 0 Å². The van der Waals surface area contributed by atoms with E-state index in [0.717, 1.165) is 22.9 Å². The van der Waals surface area contributed by atoms with E-state index in [1.54, 1.807) is 0 Å². The summed E-state index contributed by atoms with van der Waals surface area (Å²) in [5.41, 5.74) is 7.10. The minimum Gasteiger partial charge on any atom is -0.392 e. The number of nitrogens with two attached hydrogens (primary N) is 1. The molecular weight excluding hydrogens is 302 g/mol. The minimum atomic E-state index is -0.364. The van der Waals surface area contributed by atoms with Gasteiger partial charge in [0.25, 0.3) is 0 Å². The molecule has 0 heterocycles. The van der Waals surface area contributed by atoms with Crippen LogP contribution in [0.25, 0.3) is 0 Å². The Morgan fingerprint density at radius 3 is 2.47 bits per heavy atom. The van der Waals surface area contributed by atoms with Crippen LogP contribution in [0.15, 0.2) is 28.7 Å². The van der Waals surface area contributed by atoms with E-state index < -0.39 is 0 Å². The Kier molecular flexibility index (Phi) is 5.04. The van der Waals surface area contributed by atoms with Crippen molar-refractivity contribution < 1.29 is 5.11 Å². The fourth-order valence-corrected chi connectivity index (χ4v) is 3.92. The van der Waals surface area contributed by atoms with E-state index >= 15 is 0 Å². The fourth-order valence-electron chi connectivity index (χ4n) is 3.34. The lowest BCUT2D eigenvalue weighted by molar-refractivity contribution is -0.00763. The Morgan fingerprint density at radius 1 is 1.26 bits per heavy atom. The molecule has 1 fully saturated rings. The molecule has 1 aliphatic carbocycles. The first-order valence-corrected chi connectivity index (χ1v) is 8.00. The highest BCUT2D eigenvalue weighted by atomic mass is 79.9. The molecule has 0 saturated heterocycles. The van der Waals surface area contributed by atoms with Gasteiger partial charge in [0, 0.05) is 16.9 Å². The molecule has 0 radical (unpaired) electrons. The molecule has 2 unspecified atom stereocenters. The summed E-state index contributed by atoms with van der Waals surface area (Å²) in [5, 5.41) is 10.9. The van der Waals surface area contributed by atoms with Crippen LogP contribution in [0, 0.1) is 5.41 Å². The molecule has 1 aliphatic rings. The van der Waals surface area contributed by atoms with Gasteiger partial charge >= 0.3 is 0 Å². The number of aliphatic hydroxyl groups is 1. The largest absolute Gasteiger partial charge is 0.392 e. The lowest BCUT2D eigenvalue weighted by atomic mass is 9.67. The van der Waals surface area contributed by atoms with E-state index in [4.69, 9.17) is 5.73 Å². The summed E-state index contributed by atoms with van der Waals surface area (Å²) in [6, 6.07) is 8.10. The molecule has 1 aromatic carbocycles. The van der Waals surface area contributed by atoms with E-state index in [2.05, 4.69) is 28.9 Å². The van der Waals surface area contributed by atoms with E-state index in [9.17, 15) is 5.11 Å². The molecule has 2 atom stereocenters. The lowest BCUT2D eigenvalue weighted by Gasteiger charge is -2.41. The summed E-state index contributed by atoms with van der Waals surface area (Å²) in [6.45, 7) is 2.70. The quantitative estimate of drug-likeness (QED) is 0.883. The van der Waals surface area contributed by atoms with E-state index in [1.807, 2.05) is 18.2 Å². The van der Waals surface area contributed by atoms with Crippen molar-refractivity contribution in [2.24, 2.45) is 11.1 Å². The Bertz CT molecular complexity index is 415.